The topological polar surface area (TPSA) is 66.2 Å². The first kappa shape index (κ1) is 21.2. The van der Waals surface area contributed by atoms with E-state index >= 15 is 0 Å². The summed E-state index contributed by atoms with van der Waals surface area (Å²) in [5, 5.41) is 10.1. The highest BCUT2D eigenvalue weighted by molar-refractivity contribution is 7.99. The molecule has 2 aromatic carbocycles. The molecule has 0 aliphatic carbocycles. The molecule has 8 heteroatoms. The van der Waals surface area contributed by atoms with E-state index in [2.05, 4.69) is 10.2 Å². The Morgan fingerprint density at radius 3 is 2.66 bits per heavy atom. The van der Waals surface area contributed by atoms with Crippen LogP contribution in [0.15, 0.2) is 53.7 Å². The third-order valence-electron chi connectivity index (χ3n) is 4.14. The highest BCUT2D eigenvalue weighted by atomic mass is 35.5. The second-order valence-corrected chi connectivity index (χ2v) is 7.52. The molecule has 1 heterocycles. The maximum absolute atomic E-state index is 11.6. The number of esters is 1. The number of aromatic nitrogens is 3. The standard InChI is InChI=1S/C21H22ClN3O3S/c1-3-28-19(26)13-8-14-29-21-24-23-20(15-9-4-5-10-16(15)22)25(21)17-11-6-7-12-18(17)27-2/h4-7,9-12H,3,8,13-14H2,1-2H3. The molecule has 0 N–H and O–H groups in total. The van der Waals surface area contributed by atoms with Crippen LogP contribution in [0.2, 0.25) is 5.02 Å². The Morgan fingerprint density at radius 1 is 1.14 bits per heavy atom. The van der Waals surface area contributed by atoms with E-state index < -0.39 is 0 Å². The van der Waals surface area contributed by atoms with Gasteiger partial charge in [-0.1, -0.05) is 47.6 Å². The molecule has 6 nitrogen and oxygen atoms in total. The lowest BCUT2D eigenvalue weighted by Crippen LogP contribution is -2.05. The Labute approximate surface area is 179 Å². The summed E-state index contributed by atoms with van der Waals surface area (Å²) in [4.78, 5) is 11.6. The van der Waals surface area contributed by atoms with E-state index in [0.29, 0.717) is 47.0 Å². The Kier molecular flexibility index (Phi) is 7.55. The monoisotopic (exact) mass is 431 g/mol. The number of hydrogen-bond acceptors (Lipinski definition) is 6. The van der Waals surface area contributed by atoms with Crippen molar-refractivity contribution in [2.24, 2.45) is 0 Å². The molecule has 0 saturated heterocycles. The molecule has 3 rings (SSSR count). The summed E-state index contributed by atoms with van der Waals surface area (Å²) in [5.74, 6) is 1.85. The van der Waals surface area contributed by atoms with Crippen LogP contribution in [0.5, 0.6) is 5.75 Å². The maximum Gasteiger partial charge on any atom is 0.305 e. The molecule has 0 saturated carbocycles. The number of carbonyl (C=O) groups excluding carboxylic acids is 1. The Morgan fingerprint density at radius 2 is 1.90 bits per heavy atom. The van der Waals surface area contributed by atoms with Crippen molar-refractivity contribution in [3.8, 4) is 22.8 Å². The van der Waals surface area contributed by atoms with Gasteiger partial charge in [-0.3, -0.25) is 9.36 Å². The van der Waals surface area contributed by atoms with E-state index in [1.807, 2.05) is 53.1 Å². The quantitative estimate of drug-likeness (QED) is 0.269. The zero-order valence-electron chi connectivity index (χ0n) is 16.3. The number of methoxy groups -OCH3 is 1. The van der Waals surface area contributed by atoms with Gasteiger partial charge in [0.2, 0.25) is 0 Å². The van der Waals surface area contributed by atoms with E-state index in [1.165, 1.54) is 11.8 Å². The molecule has 0 radical (unpaired) electrons. The van der Waals surface area contributed by atoms with E-state index in [1.54, 1.807) is 14.0 Å². The molecule has 0 spiro atoms. The van der Waals surface area contributed by atoms with Crippen molar-refractivity contribution in [1.82, 2.24) is 14.8 Å². The summed E-state index contributed by atoms with van der Waals surface area (Å²) in [5.41, 5.74) is 1.61. The summed E-state index contributed by atoms with van der Waals surface area (Å²) in [6.07, 6.45) is 1.06. The van der Waals surface area contributed by atoms with Crippen molar-refractivity contribution in [2.45, 2.75) is 24.9 Å². The summed E-state index contributed by atoms with van der Waals surface area (Å²) < 4.78 is 12.5. The van der Waals surface area contributed by atoms with Crippen molar-refractivity contribution in [2.75, 3.05) is 19.5 Å². The number of halogens is 1. The molecule has 3 aromatic rings. The van der Waals surface area contributed by atoms with Crippen LogP contribution in [0.4, 0.5) is 0 Å². The smallest absolute Gasteiger partial charge is 0.305 e. The van der Waals surface area contributed by atoms with E-state index in [4.69, 9.17) is 21.1 Å². The molecule has 29 heavy (non-hydrogen) atoms. The van der Waals surface area contributed by atoms with Crippen molar-refractivity contribution in [3.63, 3.8) is 0 Å². The maximum atomic E-state index is 11.6. The van der Waals surface area contributed by atoms with Gasteiger partial charge in [0.05, 0.1) is 24.4 Å². The van der Waals surface area contributed by atoms with E-state index in [0.717, 1.165) is 11.3 Å². The summed E-state index contributed by atoms with van der Waals surface area (Å²) in [7, 11) is 1.63. The van der Waals surface area contributed by atoms with Gasteiger partial charge in [-0.2, -0.15) is 0 Å². The molecule has 0 amide bonds. The van der Waals surface area contributed by atoms with Crippen molar-refractivity contribution >= 4 is 29.3 Å². The van der Waals surface area contributed by atoms with E-state index in [9.17, 15) is 4.79 Å². The molecule has 1 aromatic heterocycles. The van der Waals surface area contributed by atoms with Crippen LogP contribution < -0.4 is 4.74 Å². The fourth-order valence-electron chi connectivity index (χ4n) is 2.83. The number of carbonyl (C=O) groups is 1. The first-order valence-corrected chi connectivity index (χ1v) is 10.6. The largest absolute Gasteiger partial charge is 0.495 e. The number of para-hydroxylation sites is 2. The number of rotatable bonds is 9. The average molecular weight is 432 g/mol. The molecular formula is C21H22ClN3O3S. The van der Waals surface area contributed by atoms with Crippen molar-refractivity contribution in [1.29, 1.82) is 0 Å². The summed E-state index contributed by atoms with van der Waals surface area (Å²) in [6, 6.07) is 15.2. The van der Waals surface area contributed by atoms with Gasteiger partial charge in [0.25, 0.3) is 0 Å². The minimum Gasteiger partial charge on any atom is -0.495 e. The van der Waals surface area contributed by atoms with Crippen LogP contribution in [-0.4, -0.2) is 40.2 Å². The SMILES string of the molecule is CCOC(=O)CCCSc1nnc(-c2ccccc2Cl)n1-c1ccccc1OC. The number of benzene rings is 2. The average Bonchev–Trinajstić information content (AvgIpc) is 3.15. The molecule has 152 valence electrons. The second-order valence-electron chi connectivity index (χ2n) is 6.05. The lowest BCUT2D eigenvalue weighted by molar-refractivity contribution is -0.143. The van der Waals surface area contributed by atoms with Crippen molar-refractivity contribution in [3.05, 3.63) is 53.6 Å². The minimum absolute atomic E-state index is 0.184. The van der Waals surface area contributed by atoms with Crippen LogP contribution in [0.3, 0.4) is 0 Å². The fourth-order valence-corrected chi connectivity index (χ4v) is 3.93. The molecule has 0 bridgehead atoms. The van der Waals surface area contributed by atoms with Crippen LogP contribution in [0.25, 0.3) is 17.1 Å². The van der Waals surface area contributed by atoms with Crippen LogP contribution in [0.1, 0.15) is 19.8 Å². The zero-order chi connectivity index (χ0) is 20.6. The highest BCUT2D eigenvalue weighted by Crippen LogP contribution is 2.35. The minimum atomic E-state index is -0.184. The van der Waals surface area contributed by atoms with Gasteiger partial charge in [-0.15, -0.1) is 10.2 Å². The van der Waals surface area contributed by atoms with Crippen LogP contribution >= 0.6 is 23.4 Å². The normalized spacial score (nSPS) is 10.7. The van der Waals surface area contributed by atoms with E-state index in [-0.39, 0.29) is 5.97 Å². The lowest BCUT2D eigenvalue weighted by Gasteiger charge is -2.14. The van der Waals surface area contributed by atoms with Gasteiger partial charge in [0.1, 0.15) is 5.75 Å². The number of nitrogens with zero attached hydrogens (tertiary/aromatic N) is 3. The number of ether oxygens (including phenoxy) is 2. The van der Waals surface area contributed by atoms with Gasteiger partial charge in [0, 0.05) is 17.7 Å². The third kappa shape index (κ3) is 5.10. The molecule has 0 unspecified atom stereocenters. The van der Waals surface area contributed by atoms with Gasteiger partial charge in [0.15, 0.2) is 11.0 Å². The Hall–Kier alpha value is -2.51. The molecular weight excluding hydrogens is 410 g/mol. The highest BCUT2D eigenvalue weighted by Gasteiger charge is 2.20. The first-order chi connectivity index (χ1) is 14.2. The number of thioether (sulfide) groups is 1. The Bertz CT molecular complexity index is 977. The van der Waals surface area contributed by atoms with Crippen LogP contribution in [-0.2, 0) is 9.53 Å². The molecule has 0 atom stereocenters. The fraction of sp³-hybridized carbons (Fsp3) is 0.286. The lowest BCUT2D eigenvalue weighted by atomic mass is 10.2. The second kappa shape index (κ2) is 10.3. The Balaban J connectivity index is 1.93. The summed E-state index contributed by atoms with van der Waals surface area (Å²) >= 11 is 7.95. The zero-order valence-corrected chi connectivity index (χ0v) is 17.9. The third-order valence-corrected chi connectivity index (χ3v) is 5.48. The predicted molar refractivity (Wildman–Crippen MR) is 115 cm³/mol. The van der Waals surface area contributed by atoms with Gasteiger partial charge < -0.3 is 9.47 Å². The van der Waals surface area contributed by atoms with Gasteiger partial charge >= 0.3 is 5.97 Å². The molecule has 0 aliphatic heterocycles. The van der Waals surface area contributed by atoms with Gasteiger partial charge in [-0.05, 0) is 37.6 Å². The van der Waals surface area contributed by atoms with Crippen LogP contribution in [0, 0.1) is 0 Å². The summed E-state index contributed by atoms with van der Waals surface area (Å²) in [6.45, 7) is 2.20. The number of hydrogen-bond donors (Lipinski definition) is 0. The van der Waals surface area contributed by atoms with Gasteiger partial charge in [-0.25, -0.2) is 0 Å². The predicted octanol–water partition coefficient (Wildman–Crippen LogP) is 5.03. The van der Waals surface area contributed by atoms with Crippen molar-refractivity contribution < 1.29 is 14.3 Å². The molecule has 0 fully saturated rings. The molecule has 0 aliphatic rings. The first-order valence-electron chi connectivity index (χ1n) is 9.27.